The first-order valence-electron chi connectivity index (χ1n) is 12.0. The number of rotatable bonds is 11. The second-order valence-electron chi connectivity index (χ2n) is 8.97. The van der Waals surface area contributed by atoms with Gasteiger partial charge < -0.3 is 15.2 Å². The number of carbonyl (C=O) groups is 1. The lowest BCUT2D eigenvalue weighted by Crippen LogP contribution is -2.31. The van der Waals surface area contributed by atoms with Crippen LogP contribution in [0.2, 0.25) is 0 Å². The second kappa shape index (κ2) is 11.9. The van der Waals surface area contributed by atoms with Crippen LogP contribution in [0.1, 0.15) is 53.5 Å². The minimum absolute atomic E-state index is 0.0463. The molecule has 218 valence electrons. The smallest absolute Gasteiger partial charge is 0.420 e. The van der Waals surface area contributed by atoms with Gasteiger partial charge in [-0.05, 0) is 37.6 Å². The molecule has 3 aromatic rings. The highest BCUT2D eigenvalue weighted by atomic mass is 32.2. The number of hydrogen-bond acceptors (Lipinski definition) is 7. The van der Waals surface area contributed by atoms with E-state index in [-0.39, 0.29) is 27.8 Å². The van der Waals surface area contributed by atoms with Gasteiger partial charge in [0.2, 0.25) is 11.8 Å². The Kier molecular flexibility index (Phi) is 9.19. The average molecular weight is 591 g/mol. The van der Waals surface area contributed by atoms with Crippen molar-refractivity contribution >= 4 is 15.7 Å². The molecule has 0 saturated heterocycles. The first-order valence-corrected chi connectivity index (χ1v) is 13.6. The molecule has 1 unspecified atom stereocenters. The van der Waals surface area contributed by atoms with Gasteiger partial charge >= 0.3 is 6.18 Å². The van der Waals surface area contributed by atoms with Crippen LogP contribution in [-0.4, -0.2) is 52.5 Å². The summed E-state index contributed by atoms with van der Waals surface area (Å²) in [7, 11) is -3.48. The predicted molar refractivity (Wildman–Crippen MR) is 133 cm³/mol. The molecule has 0 spiro atoms. The Bertz CT molecular complexity index is 1450. The van der Waals surface area contributed by atoms with Crippen LogP contribution in [0.3, 0.4) is 0 Å². The van der Waals surface area contributed by atoms with E-state index in [2.05, 4.69) is 15.4 Å². The molecule has 1 amide bonds. The lowest BCUT2D eigenvalue weighted by molar-refractivity contribution is -0.138. The highest BCUT2D eigenvalue weighted by molar-refractivity contribution is 7.91. The molecule has 40 heavy (non-hydrogen) atoms. The van der Waals surface area contributed by atoms with Gasteiger partial charge in [0, 0.05) is 18.2 Å². The molecule has 0 aliphatic rings. The second-order valence-corrected chi connectivity index (χ2v) is 11.3. The largest absolute Gasteiger partial charge is 0.437 e. The highest BCUT2D eigenvalue weighted by Gasteiger charge is 2.35. The zero-order valence-electron chi connectivity index (χ0n) is 21.7. The SMILES string of the molecule is CCS(=O)(=O)c1ccc(C(CO)NC(=O)c2nn(CCC(C)(F)F)c(Oc3cnccc3C(F)(F)F)c2C)cc1. The number of pyridine rings is 1. The Morgan fingerprint density at radius 2 is 1.80 bits per heavy atom. The van der Waals surface area contributed by atoms with E-state index in [1.54, 1.807) is 0 Å². The van der Waals surface area contributed by atoms with Crippen LogP contribution in [0.4, 0.5) is 22.0 Å². The minimum atomic E-state index is -4.81. The maximum atomic E-state index is 13.6. The van der Waals surface area contributed by atoms with Crippen LogP contribution in [0.15, 0.2) is 47.6 Å². The Morgan fingerprint density at radius 3 is 2.35 bits per heavy atom. The van der Waals surface area contributed by atoms with Crippen molar-refractivity contribution < 1.29 is 45.0 Å². The minimum Gasteiger partial charge on any atom is -0.437 e. The van der Waals surface area contributed by atoms with Gasteiger partial charge in [-0.15, -0.1) is 0 Å². The topological polar surface area (TPSA) is 123 Å². The lowest BCUT2D eigenvalue weighted by Gasteiger charge is -2.17. The van der Waals surface area contributed by atoms with Crippen molar-refractivity contribution in [3.63, 3.8) is 0 Å². The molecule has 2 N–H and O–H groups in total. The Balaban J connectivity index is 1.95. The number of halogens is 5. The summed E-state index contributed by atoms with van der Waals surface area (Å²) in [4.78, 5) is 16.8. The third-order valence-electron chi connectivity index (χ3n) is 5.91. The van der Waals surface area contributed by atoms with E-state index in [0.29, 0.717) is 18.6 Å². The van der Waals surface area contributed by atoms with Gasteiger partial charge in [0.1, 0.15) is 5.56 Å². The van der Waals surface area contributed by atoms with Crippen molar-refractivity contribution in [3.05, 3.63) is 65.1 Å². The number of aromatic nitrogens is 3. The molecule has 15 heteroatoms. The number of nitrogens with zero attached hydrogens (tertiary/aromatic N) is 3. The zero-order valence-corrected chi connectivity index (χ0v) is 22.5. The van der Waals surface area contributed by atoms with Crippen LogP contribution in [-0.2, 0) is 22.6 Å². The number of hydrogen-bond donors (Lipinski definition) is 2. The van der Waals surface area contributed by atoms with Crippen molar-refractivity contribution in [1.29, 1.82) is 0 Å². The summed E-state index contributed by atoms with van der Waals surface area (Å²) in [6.07, 6.45) is -3.85. The summed E-state index contributed by atoms with van der Waals surface area (Å²) in [6, 6.07) is 5.14. The van der Waals surface area contributed by atoms with Crippen molar-refractivity contribution in [2.75, 3.05) is 12.4 Å². The quantitative estimate of drug-likeness (QED) is 0.311. The van der Waals surface area contributed by atoms with Crippen LogP contribution >= 0.6 is 0 Å². The van der Waals surface area contributed by atoms with E-state index in [1.165, 1.54) is 38.1 Å². The first-order chi connectivity index (χ1) is 18.6. The number of aliphatic hydroxyl groups excluding tert-OH is 1. The predicted octanol–water partition coefficient (Wildman–Crippen LogP) is 4.70. The fraction of sp³-hybridized carbons (Fsp3) is 0.400. The number of aryl methyl sites for hydroxylation is 1. The Labute approximate surface area is 226 Å². The first kappa shape index (κ1) is 30.9. The summed E-state index contributed by atoms with van der Waals surface area (Å²) < 4.78 is 98.1. The molecule has 2 heterocycles. The van der Waals surface area contributed by atoms with Crippen molar-refractivity contribution in [2.24, 2.45) is 0 Å². The molecule has 0 radical (unpaired) electrons. The van der Waals surface area contributed by atoms with Gasteiger partial charge in [-0.25, -0.2) is 21.9 Å². The summed E-state index contributed by atoms with van der Waals surface area (Å²) in [5.74, 6) is -5.24. The molecule has 0 fully saturated rings. The monoisotopic (exact) mass is 590 g/mol. The highest BCUT2D eigenvalue weighted by Crippen LogP contribution is 2.38. The summed E-state index contributed by atoms with van der Waals surface area (Å²) >= 11 is 0. The maximum absolute atomic E-state index is 13.6. The standard InChI is InChI=1S/C25H27F5N4O5S/c1-4-40(37,38)17-7-5-16(6-8-17)19(14-35)32-22(36)21-15(2)23(34(33-21)12-10-24(3,26)27)39-20-13-31-11-9-18(20)25(28,29)30/h5-9,11,13,19,35H,4,10,12,14H2,1-3H3,(H,32,36). The molecule has 0 aliphatic heterocycles. The molecule has 1 aromatic carbocycles. The van der Waals surface area contributed by atoms with Crippen LogP contribution in [0, 0.1) is 6.92 Å². The van der Waals surface area contributed by atoms with Crippen LogP contribution in [0.5, 0.6) is 11.6 Å². The molecule has 0 aliphatic carbocycles. The number of sulfone groups is 1. The van der Waals surface area contributed by atoms with E-state index >= 15 is 0 Å². The van der Waals surface area contributed by atoms with Crippen molar-refractivity contribution in [2.45, 2.75) is 56.8 Å². The van der Waals surface area contributed by atoms with Crippen LogP contribution < -0.4 is 10.1 Å². The Morgan fingerprint density at radius 1 is 1.15 bits per heavy atom. The average Bonchev–Trinajstić information content (AvgIpc) is 3.20. The summed E-state index contributed by atoms with van der Waals surface area (Å²) in [5.41, 5.74) is -1.20. The van der Waals surface area contributed by atoms with Gasteiger partial charge in [-0.3, -0.25) is 9.78 Å². The zero-order chi connectivity index (χ0) is 29.9. The third-order valence-corrected chi connectivity index (χ3v) is 7.67. The van der Waals surface area contributed by atoms with Crippen molar-refractivity contribution in [3.8, 4) is 11.6 Å². The van der Waals surface area contributed by atoms with E-state index in [9.17, 15) is 40.3 Å². The molecular formula is C25H27F5N4O5S. The van der Waals surface area contributed by atoms with Gasteiger partial charge in [-0.2, -0.15) is 18.3 Å². The molecule has 0 bridgehead atoms. The fourth-order valence-corrected chi connectivity index (χ4v) is 4.55. The van der Waals surface area contributed by atoms with E-state index in [0.717, 1.165) is 17.1 Å². The lowest BCUT2D eigenvalue weighted by atomic mass is 10.1. The number of ether oxygens (including phenoxy) is 1. The molecule has 1 atom stereocenters. The number of aliphatic hydroxyl groups is 1. The maximum Gasteiger partial charge on any atom is 0.420 e. The fourth-order valence-electron chi connectivity index (χ4n) is 3.67. The Hall–Kier alpha value is -3.59. The number of benzene rings is 1. The van der Waals surface area contributed by atoms with E-state index < -0.39 is 64.8 Å². The van der Waals surface area contributed by atoms with E-state index in [1.807, 2.05) is 0 Å². The van der Waals surface area contributed by atoms with E-state index in [4.69, 9.17) is 4.74 Å². The van der Waals surface area contributed by atoms with Gasteiger partial charge in [0.15, 0.2) is 21.3 Å². The molecule has 9 nitrogen and oxygen atoms in total. The molecule has 2 aromatic heterocycles. The number of alkyl halides is 5. The third kappa shape index (κ3) is 7.33. The van der Waals surface area contributed by atoms with Gasteiger partial charge in [0.25, 0.3) is 5.91 Å². The van der Waals surface area contributed by atoms with Crippen LogP contribution in [0.25, 0.3) is 0 Å². The molecule has 0 saturated carbocycles. The van der Waals surface area contributed by atoms with Gasteiger partial charge in [-0.1, -0.05) is 19.1 Å². The normalized spacial score (nSPS) is 13.2. The number of amides is 1. The summed E-state index contributed by atoms with van der Waals surface area (Å²) in [5, 5.41) is 16.4. The molecule has 3 rings (SSSR count). The molecular weight excluding hydrogens is 563 g/mol. The number of nitrogens with one attached hydrogen (secondary N) is 1. The summed E-state index contributed by atoms with van der Waals surface area (Å²) in [6.45, 7) is 2.37. The van der Waals surface area contributed by atoms with Crippen molar-refractivity contribution in [1.82, 2.24) is 20.1 Å². The van der Waals surface area contributed by atoms with Gasteiger partial charge in [0.05, 0.1) is 36.0 Å². The number of carbonyl (C=O) groups excluding carboxylic acids is 1.